The topological polar surface area (TPSA) is 46.4 Å². The Balaban J connectivity index is 2.11. The molecule has 104 valence electrons. The molecular formula is C12H13F3N2O2. The molecule has 0 aliphatic carbocycles. The number of nitro groups is 1. The van der Waals surface area contributed by atoms with Crippen LogP contribution in [0.3, 0.4) is 0 Å². The first kappa shape index (κ1) is 13.6. The molecule has 1 unspecified atom stereocenters. The molecule has 19 heavy (non-hydrogen) atoms. The van der Waals surface area contributed by atoms with E-state index in [0.717, 1.165) is 0 Å². The van der Waals surface area contributed by atoms with Gasteiger partial charge in [-0.05, 0) is 25.0 Å². The molecule has 1 fully saturated rings. The van der Waals surface area contributed by atoms with E-state index in [2.05, 4.69) is 0 Å². The van der Waals surface area contributed by atoms with E-state index in [9.17, 15) is 23.3 Å². The van der Waals surface area contributed by atoms with Crippen LogP contribution in [0.5, 0.6) is 0 Å². The van der Waals surface area contributed by atoms with Crippen molar-refractivity contribution in [3.63, 3.8) is 0 Å². The minimum atomic E-state index is -4.18. The van der Waals surface area contributed by atoms with Crippen LogP contribution in [0.25, 0.3) is 0 Å². The van der Waals surface area contributed by atoms with Gasteiger partial charge in [-0.2, -0.15) is 13.2 Å². The Bertz CT molecular complexity index is 459. The van der Waals surface area contributed by atoms with Gasteiger partial charge in [0.05, 0.1) is 10.8 Å². The summed E-state index contributed by atoms with van der Waals surface area (Å²) in [7, 11) is 0. The maximum atomic E-state index is 12.7. The van der Waals surface area contributed by atoms with Crippen molar-refractivity contribution in [2.24, 2.45) is 5.92 Å². The molecule has 0 aromatic heterocycles. The van der Waals surface area contributed by atoms with E-state index in [1.165, 1.54) is 24.3 Å². The normalized spacial score (nSPS) is 20.4. The molecule has 0 radical (unpaired) electrons. The summed E-state index contributed by atoms with van der Waals surface area (Å²) in [5.41, 5.74) is 0.535. The Morgan fingerprint density at radius 1 is 1.26 bits per heavy atom. The van der Waals surface area contributed by atoms with Gasteiger partial charge in [0.15, 0.2) is 0 Å². The molecule has 4 nitrogen and oxygen atoms in total. The third-order valence-electron chi connectivity index (χ3n) is 3.31. The predicted octanol–water partition coefficient (Wildman–Crippen LogP) is 3.37. The van der Waals surface area contributed by atoms with E-state index in [0.29, 0.717) is 18.7 Å². The highest BCUT2D eigenvalue weighted by molar-refractivity contribution is 5.51. The Kier molecular flexibility index (Phi) is 3.64. The maximum Gasteiger partial charge on any atom is 0.393 e. The Morgan fingerprint density at radius 3 is 2.42 bits per heavy atom. The van der Waals surface area contributed by atoms with Crippen LogP contribution in [-0.4, -0.2) is 24.2 Å². The summed E-state index contributed by atoms with van der Waals surface area (Å²) < 4.78 is 38.1. The number of hydrogen-bond acceptors (Lipinski definition) is 3. The molecule has 1 saturated heterocycles. The largest absolute Gasteiger partial charge is 0.393 e. The summed E-state index contributed by atoms with van der Waals surface area (Å²) in [6.45, 7) is 0.464. The number of nitrogens with zero attached hydrogens (tertiary/aromatic N) is 2. The number of benzene rings is 1. The third-order valence-corrected chi connectivity index (χ3v) is 3.31. The van der Waals surface area contributed by atoms with Crippen LogP contribution in [0.1, 0.15) is 12.8 Å². The van der Waals surface area contributed by atoms with Crippen molar-refractivity contribution in [2.75, 3.05) is 18.0 Å². The molecule has 1 atom stereocenters. The average molecular weight is 274 g/mol. The fourth-order valence-electron chi connectivity index (χ4n) is 2.26. The summed E-state index contributed by atoms with van der Waals surface area (Å²) in [4.78, 5) is 11.6. The second kappa shape index (κ2) is 5.07. The minimum absolute atomic E-state index is 0.0619. The molecule has 2 rings (SSSR count). The lowest BCUT2D eigenvalue weighted by atomic mass is 9.97. The van der Waals surface area contributed by atoms with Crippen molar-refractivity contribution in [3.05, 3.63) is 34.4 Å². The van der Waals surface area contributed by atoms with Crippen LogP contribution >= 0.6 is 0 Å². The maximum absolute atomic E-state index is 12.7. The summed E-state index contributed by atoms with van der Waals surface area (Å²) in [6, 6.07) is 5.62. The number of piperidine rings is 1. The Hall–Kier alpha value is -1.79. The molecule has 0 saturated carbocycles. The molecule has 1 aliphatic heterocycles. The smallest absolute Gasteiger partial charge is 0.371 e. The van der Waals surface area contributed by atoms with Gasteiger partial charge in [0.2, 0.25) is 0 Å². The summed E-state index contributed by atoms with van der Waals surface area (Å²) >= 11 is 0. The highest BCUT2D eigenvalue weighted by Gasteiger charge is 2.41. The molecule has 0 spiro atoms. The van der Waals surface area contributed by atoms with Crippen molar-refractivity contribution in [1.82, 2.24) is 0 Å². The number of non-ortho nitro benzene ring substituents is 1. The van der Waals surface area contributed by atoms with Gasteiger partial charge >= 0.3 is 6.18 Å². The van der Waals surface area contributed by atoms with Gasteiger partial charge in [-0.25, -0.2) is 0 Å². The van der Waals surface area contributed by atoms with E-state index < -0.39 is 17.0 Å². The summed E-state index contributed by atoms with van der Waals surface area (Å²) in [5.74, 6) is -1.32. The van der Waals surface area contributed by atoms with Crippen LogP contribution in [0, 0.1) is 16.0 Å². The van der Waals surface area contributed by atoms with Gasteiger partial charge in [0.25, 0.3) is 5.69 Å². The molecular weight excluding hydrogens is 261 g/mol. The first-order valence-corrected chi connectivity index (χ1v) is 5.94. The summed E-state index contributed by atoms with van der Waals surface area (Å²) in [5, 5.41) is 10.5. The zero-order valence-corrected chi connectivity index (χ0v) is 10.1. The fraction of sp³-hybridized carbons (Fsp3) is 0.500. The van der Waals surface area contributed by atoms with Crippen LogP contribution in [-0.2, 0) is 0 Å². The van der Waals surface area contributed by atoms with Crippen LogP contribution in [0.15, 0.2) is 24.3 Å². The van der Waals surface area contributed by atoms with Crippen molar-refractivity contribution < 1.29 is 18.1 Å². The van der Waals surface area contributed by atoms with Crippen molar-refractivity contribution >= 4 is 11.4 Å². The molecule has 1 heterocycles. The van der Waals surface area contributed by atoms with Gasteiger partial charge in [-0.1, -0.05) is 0 Å². The lowest BCUT2D eigenvalue weighted by Gasteiger charge is -2.35. The van der Waals surface area contributed by atoms with Crippen molar-refractivity contribution in [2.45, 2.75) is 19.0 Å². The first-order valence-electron chi connectivity index (χ1n) is 5.94. The minimum Gasteiger partial charge on any atom is -0.371 e. The van der Waals surface area contributed by atoms with Gasteiger partial charge in [0.1, 0.15) is 0 Å². The zero-order valence-electron chi connectivity index (χ0n) is 10.1. The number of rotatable bonds is 2. The number of anilines is 1. The lowest BCUT2D eigenvalue weighted by molar-refractivity contribution is -0.384. The average Bonchev–Trinajstić information content (AvgIpc) is 2.38. The molecule has 0 bridgehead atoms. The monoisotopic (exact) mass is 274 g/mol. The summed E-state index contributed by atoms with van der Waals surface area (Å²) in [6.07, 6.45) is -3.56. The van der Waals surface area contributed by atoms with Crippen molar-refractivity contribution in [1.29, 1.82) is 0 Å². The number of hydrogen-bond donors (Lipinski definition) is 0. The van der Waals surface area contributed by atoms with Gasteiger partial charge < -0.3 is 4.90 Å². The zero-order chi connectivity index (χ0) is 14.0. The molecule has 1 aliphatic rings. The number of nitro benzene ring substituents is 1. The van der Waals surface area contributed by atoms with E-state index >= 15 is 0 Å². The van der Waals surface area contributed by atoms with Crippen molar-refractivity contribution in [3.8, 4) is 0 Å². The second-order valence-electron chi connectivity index (χ2n) is 4.60. The second-order valence-corrected chi connectivity index (χ2v) is 4.60. The number of halogens is 3. The van der Waals surface area contributed by atoms with Crippen LogP contribution < -0.4 is 4.90 Å². The SMILES string of the molecule is O=[N+]([O-])c1ccc(N2CCCC(C(F)(F)F)C2)cc1. The first-order chi connectivity index (χ1) is 8.88. The fourth-order valence-corrected chi connectivity index (χ4v) is 2.26. The van der Waals surface area contributed by atoms with Crippen LogP contribution in [0.2, 0.25) is 0 Å². The Morgan fingerprint density at radius 2 is 1.89 bits per heavy atom. The standard InChI is InChI=1S/C12H13F3N2O2/c13-12(14,15)9-2-1-7-16(8-9)10-3-5-11(6-4-10)17(18)19/h3-6,9H,1-2,7-8H2. The highest BCUT2D eigenvalue weighted by Crippen LogP contribution is 2.35. The van der Waals surface area contributed by atoms with E-state index in [4.69, 9.17) is 0 Å². The van der Waals surface area contributed by atoms with Gasteiger partial charge in [0, 0.05) is 30.9 Å². The number of alkyl halides is 3. The van der Waals surface area contributed by atoms with Gasteiger partial charge in [-0.3, -0.25) is 10.1 Å². The Labute approximate surface area is 108 Å². The molecule has 7 heteroatoms. The van der Waals surface area contributed by atoms with E-state index in [1.807, 2.05) is 0 Å². The quantitative estimate of drug-likeness (QED) is 0.613. The predicted molar refractivity (Wildman–Crippen MR) is 64.1 cm³/mol. The van der Waals surface area contributed by atoms with E-state index in [1.54, 1.807) is 4.90 Å². The van der Waals surface area contributed by atoms with Crippen LogP contribution in [0.4, 0.5) is 24.5 Å². The molecule has 1 aromatic rings. The van der Waals surface area contributed by atoms with E-state index in [-0.39, 0.29) is 18.7 Å². The lowest BCUT2D eigenvalue weighted by Crippen LogP contribution is -2.41. The third kappa shape index (κ3) is 3.15. The molecule has 0 amide bonds. The molecule has 0 N–H and O–H groups in total. The highest BCUT2D eigenvalue weighted by atomic mass is 19.4. The van der Waals surface area contributed by atoms with Gasteiger partial charge in [-0.15, -0.1) is 0 Å². The molecule has 1 aromatic carbocycles.